The number of carbonyl (C=O) groups is 1. The highest BCUT2D eigenvalue weighted by molar-refractivity contribution is 5.81. The van der Waals surface area contributed by atoms with Crippen molar-refractivity contribution in [1.82, 2.24) is 0 Å². The molecule has 4 rings (SSSR count). The van der Waals surface area contributed by atoms with Gasteiger partial charge in [0, 0.05) is 5.92 Å². The number of carbonyl (C=O) groups excluding carboxylic acids is 1. The van der Waals surface area contributed by atoms with E-state index < -0.39 is 0 Å². The third kappa shape index (κ3) is 2.13. The normalized spacial score (nSPS) is 55.0. The van der Waals surface area contributed by atoms with Crippen LogP contribution in [0.2, 0.25) is 0 Å². The van der Waals surface area contributed by atoms with Crippen LogP contribution in [-0.2, 0) is 4.79 Å². The van der Waals surface area contributed by atoms with Crippen LogP contribution in [0.3, 0.4) is 0 Å². The van der Waals surface area contributed by atoms with Gasteiger partial charge in [0.1, 0.15) is 5.78 Å². The average molecular weight is 316 g/mol. The fourth-order valence-corrected chi connectivity index (χ4v) is 7.29. The van der Waals surface area contributed by atoms with Crippen LogP contribution in [0.4, 0.5) is 0 Å². The summed E-state index contributed by atoms with van der Waals surface area (Å²) in [6.45, 7) is 6.67. The van der Waals surface area contributed by atoms with E-state index >= 15 is 0 Å². The Hall–Kier alpha value is -0.630. The van der Waals surface area contributed by atoms with Gasteiger partial charge in [-0.05, 0) is 86.4 Å². The fraction of sp³-hybridized carbons (Fsp3) is 0.857. The largest absolute Gasteiger partial charge is 0.393 e. The van der Waals surface area contributed by atoms with Gasteiger partial charge in [-0.15, -0.1) is 0 Å². The summed E-state index contributed by atoms with van der Waals surface area (Å²) in [5.41, 5.74) is 0.593. The molecule has 128 valence electrons. The summed E-state index contributed by atoms with van der Waals surface area (Å²) in [5.74, 6) is 3.36. The molecule has 2 heteroatoms. The first-order valence-electron chi connectivity index (χ1n) is 9.73. The molecule has 0 bridgehead atoms. The second kappa shape index (κ2) is 5.18. The Balaban J connectivity index is 1.63. The van der Waals surface area contributed by atoms with Crippen LogP contribution >= 0.6 is 0 Å². The molecule has 0 aromatic carbocycles. The number of Topliss-reactive ketones (excluding diaryl/α,β-unsaturated/α-hetero) is 1. The van der Waals surface area contributed by atoms with Crippen LogP contribution in [-0.4, -0.2) is 17.0 Å². The molecule has 4 aliphatic carbocycles. The quantitative estimate of drug-likeness (QED) is 0.729. The van der Waals surface area contributed by atoms with Crippen molar-refractivity contribution in [2.24, 2.45) is 40.4 Å². The molecule has 1 N–H and O–H groups in total. The molecule has 0 radical (unpaired) electrons. The van der Waals surface area contributed by atoms with Gasteiger partial charge in [0.05, 0.1) is 6.10 Å². The van der Waals surface area contributed by atoms with Gasteiger partial charge in [-0.3, -0.25) is 4.79 Å². The zero-order chi connectivity index (χ0) is 16.4. The zero-order valence-corrected chi connectivity index (χ0v) is 14.9. The Kier molecular flexibility index (Phi) is 3.58. The van der Waals surface area contributed by atoms with Crippen LogP contribution in [0.15, 0.2) is 12.2 Å². The summed E-state index contributed by atoms with van der Waals surface area (Å²) in [6, 6.07) is 0. The van der Waals surface area contributed by atoms with Crippen LogP contribution in [0.1, 0.15) is 65.7 Å². The number of rotatable bonds is 1. The molecule has 0 heterocycles. The first-order chi connectivity index (χ1) is 10.9. The number of aliphatic hydroxyl groups is 1. The van der Waals surface area contributed by atoms with Crippen molar-refractivity contribution in [3.8, 4) is 0 Å². The SMILES string of the molecule is CC(=O)C1C=CC2C3CCC4CC(O)CCC4(C)C3CCC12C. The average Bonchev–Trinajstić information content (AvgIpc) is 2.85. The Morgan fingerprint density at radius 1 is 1.04 bits per heavy atom. The van der Waals surface area contributed by atoms with Gasteiger partial charge in [-0.2, -0.15) is 0 Å². The summed E-state index contributed by atoms with van der Waals surface area (Å²) >= 11 is 0. The van der Waals surface area contributed by atoms with E-state index in [9.17, 15) is 9.90 Å². The Morgan fingerprint density at radius 3 is 2.52 bits per heavy atom. The van der Waals surface area contributed by atoms with Crippen molar-refractivity contribution < 1.29 is 9.90 Å². The predicted octanol–water partition coefficient (Wildman–Crippen LogP) is 4.37. The first kappa shape index (κ1) is 15.9. The standard InChI is InChI=1S/C21H32O2/c1-13(22)17-6-7-18-16-5-4-14-12-15(23)8-10-20(14,2)19(16)9-11-21(17,18)3/h6-7,14-19,23H,4-5,8-12H2,1-3H3. The van der Waals surface area contributed by atoms with E-state index in [4.69, 9.17) is 0 Å². The summed E-state index contributed by atoms with van der Waals surface area (Å²) in [7, 11) is 0. The van der Waals surface area contributed by atoms with Gasteiger partial charge in [0.2, 0.25) is 0 Å². The lowest BCUT2D eigenvalue weighted by molar-refractivity contribution is -0.135. The predicted molar refractivity (Wildman–Crippen MR) is 91.8 cm³/mol. The highest BCUT2D eigenvalue weighted by Gasteiger charge is 2.59. The van der Waals surface area contributed by atoms with Gasteiger partial charge in [-0.25, -0.2) is 0 Å². The molecular formula is C21H32O2. The van der Waals surface area contributed by atoms with E-state index in [0.717, 1.165) is 24.7 Å². The third-order valence-electron chi connectivity index (χ3n) is 8.59. The van der Waals surface area contributed by atoms with Gasteiger partial charge in [0.25, 0.3) is 0 Å². The minimum atomic E-state index is -0.0630. The number of allylic oxidation sites excluding steroid dienone is 2. The van der Waals surface area contributed by atoms with Crippen molar-refractivity contribution in [2.75, 3.05) is 0 Å². The fourth-order valence-electron chi connectivity index (χ4n) is 7.29. The third-order valence-corrected chi connectivity index (χ3v) is 8.59. The van der Waals surface area contributed by atoms with Crippen molar-refractivity contribution in [3.63, 3.8) is 0 Å². The van der Waals surface area contributed by atoms with Gasteiger partial charge in [-0.1, -0.05) is 26.0 Å². The molecule has 8 unspecified atom stereocenters. The van der Waals surface area contributed by atoms with E-state index in [0.29, 0.717) is 23.0 Å². The van der Waals surface area contributed by atoms with E-state index in [1.54, 1.807) is 6.92 Å². The van der Waals surface area contributed by atoms with Gasteiger partial charge in [0.15, 0.2) is 0 Å². The van der Waals surface area contributed by atoms with Crippen LogP contribution < -0.4 is 0 Å². The number of hydrogen-bond acceptors (Lipinski definition) is 2. The number of hydrogen-bond donors (Lipinski definition) is 1. The van der Waals surface area contributed by atoms with Crippen molar-refractivity contribution in [1.29, 1.82) is 0 Å². The summed E-state index contributed by atoms with van der Waals surface area (Å²) < 4.78 is 0. The minimum absolute atomic E-state index is 0.0630. The number of aliphatic hydroxyl groups excluding tert-OH is 1. The maximum absolute atomic E-state index is 12.1. The lowest BCUT2D eigenvalue weighted by atomic mass is 9.44. The van der Waals surface area contributed by atoms with E-state index in [1.807, 2.05) is 0 Å². The van der Waals surface area contributed by atoms with Gasteiger partial charge < -0.3 is 5.11 Å². The van der Waals surface area contributed by atoms with Crippen molar-refractivity contribution >= 4 is 5.78 Å². The van der Waals surface area contributed by atoms with Gasteiger partial charge >= 0.3 is 0 Å². The Bertz CT molecular complexity index is 538. The second-order valence-electron chi connectivity index (χ2n) is 9.52. The molecule has 0 amide bonds. The minimum Gasteiger partial charge on any atom is -0.393 e. The summed E-state index contributed by atoms with van der Waals surface area (Å²) in [4.78, 5) is 12.1. The van der Waals surface area contributed by atoms with Crippen LogP contribution in [0.25, 0.3) is 0 Å². The molecule has 4 aliphatic rings. The molecule has 0 aliphatic heterocycles. The Morgan fingerprint density at radius 2 is 1.78 bits per heavy atom. The molecule has 0 saturated heterocycles. The molecule has 0 aromatic rings. The monoisotopic (exact) mass is 316 g/mol. The topological polar surface area (TPSA) is 37.3 Å². The van der Waals surface area contributed by atoms with Crippen LogP contribution in [0.5, 0.6) is 0 Å². The molecule has 3 fully saturated rings. The molecular weight excluding hydrogens is 284 g/mol. The lowest BCUT2D eigenvalue weighted by Gasteiger charge is -2.60. The maximum Gasteiger partial charge on any atom is 0.137 e. The number of fused-ring (bicyclic) bond motifs is 5. The molecule has 3 saturated carbocycles. The molecule has 8 atom stereocenters. The van der Waals surface area contributed by atoms with E-state index in [-0.39, 0.29) is 17.4 Å². The molecule has 0 spiro atoms. The van der Waals surface area contributed by atoms with E-state index in [1.165, 1.54) is 32.1 Å². The highest BCUT2D eigenvalue weighted by Crippen LogP contribution is 2.65. The molecule has 2 nitrogen and oxygen atoms in total. The summed E-state index contributed by atoms with van der Waals surface area (Å²) in [5, 5.41) is 10.1. The van der Waals surface area contributed by atoms with E-state index in [2.05, 4.69) is 26.0 Å². The summed E-state index contributed by atoms with van der Waals surface area (Å²) in [6.07, 6.45) is 12.8. The first-order valence-corrected chi connectivity index (χ1v) is 9.73. The maximum atomic E-state index is 12.1. The van der Waals surface area contributed by atoms with Crippen LogP contribution in [0, 0.1) is 40.4 Å². The van der Waals surface area contributed by atoms with Crippen molar-refractivity contribution in [3.05, 3.63) is 12.2 Å². The van der Waals surface area contributed by atoms with Crippen molar-refractivity contribution in [2.45, 2.75) is 71.8 Å². The zero-order valence-electron chi connectivity index (χ0n) is 14.9. The lowest BCUT2D eigenvalue weighted by Crippen LogP contribution is -2.54. The Labute approximate surface area is 140 Å². The highest BCUT2D eigenvalue weighted by atomic mass is 16.3. The molecule has 0 aromatic heterocycles. The molecule has 23 heavy (non-hydrogen) atoms. The second-order valence-corrected chi connectivity index (χ2v) is 9.52. The smallest absolute Gasteiger partial charge is 0.137 e. The number of ketones is 1.